The third-order valence-electron chi connectivity index (χ3n) is 6.05. The van der Waals surface area contributed by atoms with E-state index in [1.165, 1.54) is 0 Å². The van der Waals surface area contributed by atoms with Crippen molar-refractivity contribution in [1.82, 2.24) is 20.0 Å². The second kappa shape index (κ2) is 12.1. The van der Waals surface area contributed by atoms with Gasteiger partial charge in [0, 0.05) is 37.1 Å². The Morgan fingerprint density at radius 3 is 2.62 bits per heavy atom. The molecule has 2 amide bonds. The number of rotatable bonds is 4. The molecule has 13 heteroatoms. The fourth-order valence-electron chi connectivity index (χ4n) is 3.99. The van der Waals surface area contributed by atoms with Crippen molar-refractivity contribution in [3.05, 3.63) is 88.5 Å². The molecule has 0 radical (unpaired) electrons. The molecule has 0 atom stereocenters. The maximum atomic E-state index is 12.6. The minimum Gasteiger partial charge on any atom is -0.369 e. The van der Waals surface area contributed by atoms with E-state index in [4.69, 9.17) is 23.2 Å². The number of nitrogens with one attached hydrogen (secondary N) is 5. The van der Waals surface area contributed by atoms with Gasteiger partial charge in [0.2, 0.25) is 16.0 Å². The molecule has 4 aromatic rings. The van der Waals surface area contributed by atoms with Crippen LogP contribution in [0.4, 0.5) is 27.9 Å². The van der Waals surface area contributed by atoms with E-state index in [2.05, 4.69) is 36.0 Å². The van der Waals surface area contributed by atoms with Crippen LogP contribution in [0.3, 0.4) is 0 Å². The zero-order valence-corrected chi connectivity index (χ0v) is 23.4. The third kappa shape index (κ3) is 6.62. The molecule has 40 heavy (non-hydrogen) atoms. The fraction of sp³-hybridized carbons (Fsp3) is 0.148. The Bertz CT molecular complexity index is 1650. The molecular weight excluding hydrogens is 573 g/mol. The van der Waals surface area contributed by atoms with Crippen LogP contribution in [0.1, 0.15) is 12.0 Å². The van der Waals surface area contributed by atoms with Crippen molar-refractivity contribution in [3.63, 3.8) is 0 Å². The Morgan fingerprint density at radius 2 is 1.80 bits per heavy atom. The lowest BCUT2D eigenvalue weighted by Gasteiger charge is -2.14. The maximum absolute atomic E-state index is 12.6. The first-order chi connectivity index (χ1) is 19.3. The van der Waals surface area contributed by atoms with E-state index in [1.807, 2.05) is 24.3 Å². The number of amides is 2. The number of carbonyl (C=O) groups is 1. The summed E-state index contributed by atoms with van der Waals surface area (Å²) < 4.78 is 27.8. The fourth-order valence-corrected chi connectivity index (χ4v) is 5.46. The number of aromatic nitrogens is 2. The van der Waals surface area contributed by atoms with Gasteiger partial charge in [-0.3, -0.25) is 0 Å². The first-order valence-corrected chi connectivity index (χ1v) is 14.6. The monoisotopic (exact) mass is 597 g/mol. The highest BCUT2D eigenvalue weighted by atomic mass is 35.5. The number of urea groups is 1. The van der Waals surface area contributed by atoms with Gasteiger partial charge in [-0.2, -0.15) is 4.98 Å². The van der Waals surface area contributed by atoms with E-state index >= 15 is 0 Å². The quantitative estimate of drug-likeness (QED) is 0.206. The first-order valence-electron chi connectivity index (χ1n) is 12.3. The van der Waals surface area contributed by atoms with Crippen molar-refractivity contribution >= 4 is 62.4 Å². The van der Waals surface area contributed by atoms with E-state index in [0.29, 0.717) is 47.7 Å². The van der Waals surface area contributed by atoms with Crippen molar-refractivity contribution < 1.29 is 13.2 Å². The van der Waals surface area contributed by atoms with Crippen LogP contribution in [-0.2, 0) is 16.6 Å². The van der Waals surface area contributed by atoms with Gasteiger partial charge in [0.25, 0.3) is 0 Å². The van der Waals surface area contributed by atoms with Crippen LogP contribution in [0.2, 0.25) is 10.0 Å². The molecular formula is C27H25Cl2N7O3S. The molecule has 1 aliphatic heterocycles. The van der Waals surface area contributed by atoms with Gasteiger partial charge in [0.05, 0.1) is 20.6 Å². The average Bonchev–Trinajstić information content (AvgIpc) is 2.95. The molecule has 1 aromatic heterocycles. The smallest absolute Gasteiger partial charge is 0.319 e. The number of fused-ring (bicyclic) bond motifs is 4. The molecule has 0 fully saturated rings. The topological polar surface area (TPSA) is 137 Å². The minimum absolute atomic E-state index is 0.168. The Labute approximate surface area is 241 Å². The van der Waals surface area contributed by atoms with Crippen LogP contribution in [0, 0.1) is 0 Å². The Balaban J connectivity index is 1.30. The van der Waals surface area contributed by atoms with Gasteiger partial charge in [0.15, 0.2) is 0 Å². The van der Waals surface area contributed by atoms with Gasteiger partial charge in [-0.15, -0.1) is 0 Å². The Kier molecular flexibility index (Phi) is 8.36. The molecule has 2 heterocycles. The highest BCUT2D eigenvalue weighted by Gasteiger charge is 2.16. The Hall–Kier alpha value is -3.90. The molecule has 3 aromatic carbocycles. The summed E-state index contributed by atoms with van der Waals surface area (Å²) in [6.45, 7) is 1.07. The summed E-state index contributed by atoms with van der Waals surface area (Å²) in [5.41, 5.74) is 3.52. The molecule has 1 aliphatic rings. The van der Waals surface area contributed by atoms with Crippen LogP contribution in [0.5, 0.6) is 0 Å². The number of carbonyl (C=O) groups excluding carboxylic acids is 1. The van der Waals surface area contributed by atoms with E-state index < -0.39 is 16.1 Å². The number of benzene rings is 3. The molecule has 0 aliphatic carbocycles. The van der Waals surface area contributed by atoms with Crippen LogP contribution >= 0.6 is 23.2 Å². The molecule has 0 unspecified atom stereocenters. The highest BCUT2D eigenvalue weighted by molar-refractivity contribution is 7.89. The SMILES string of the molecule is O=C(NCc1ccc(-c2cnc3nc2NCCCNS(=O)(=O)c2cccc(c2)N3)cc1)Nc1cccc(Cl)c1Cl. The summed E-state index contributed by atoms with van der Waals surface area (Å²) in [7, 11) is -3.62. The predicted molar refractivity (Wildman–Crippen MR) is 158 cm³/mol. The maximum Gasteiger partial charge on any atom is 0.319 e. The number of hydrogen-bond acceptors (Lipinski definition) is 7. The molecule has 206 valence electrons. The zero-order valence-electron chi connectivity index (χ0n) is 21.0. The Morgan fingerprint density at radius 1 is 1.00 bits per heavy atom. The van der Waals surface area contributed by atoms with Crippen LogP contribution in [0.25, 0.3) is 11.1 Å². The molecule has 0 saturated heterocycles. The van der Waals surface area contributed by atoms with Crippen LogP contribution in [-0.4, -0.2) is 37.5 Å². The summed E-state index contributed by atoms with van der Waals surface area (Å²) in [5.74, 6) is 0.944. The number of sulfonamides is 1. The van der Waals surface area contributed by atoms with E-state index in [-0.39, 0.29) is 16.5 Å². The lowest BCUT2D eigenvalue weighted by molar-refractivity contribution is 0.251. The van der Waals surface area contributed by atoms with E-state index in [1.54, 1.807) is 48.7 Å². The minimum atomic E-state index is -3.62. The zero-order chi connectivity index (χ0) is 28.1. The molecule has 4 bridgehead atoms. The summed E-state index contributed by atoms with van der Waals surface area (Å²) in [6, 6.07) is 18.8. The summed E-state index contributed by atoms with van der Waals surface area (Å²) >= 11 is 12.1. The van der Waals surface area contributed by atoms with Crippen LogP contribution in [0.15, 0.2) is 77.8 Å². The van der Waals surface area contributed by atoms with Crippen molar-refractivity contribution in [3.8, 4) is 11.1 Å². The third-order valence-corrected chi connectivity index (χ3v) is 8.32. The second-order valence-electron chi connectivity index (χ2n) is 8.89. The van der Waals surface area contributed by atoms with E-state index in [9.17, 15) is 13.2 Å². The second-order valence-corrected chi connectivity index (χ2v) is 11.4. The summed E-state index contributed by atoms with van der Waals surface area (Å²) in [4.78, 5) is 21.6. The molecule has 5 N–H and O–H groups in total. The van der Waals surface area contributed by atoms with Crippen molar-refractivity contribution in [2.75, 3.05) is 29.0 Å². The number of hydrogen-bond donors (Lipinski definition) is 5. The van der Waals surface area contributed by atoms with Crippen molar-refractivity contribution in [1.29, 1.82) is 0 Å². The average molecular weight is 599 g/mol. The summed E-state index contributed by atoms with van der Waals surface area (Å²) in [5, 5.41) is 12.5. The standard InChI is InChI=1S/C27H25Cl2N7O3S/c28-22-6-2-7-23(24(22)29)35-27(37)32-15-17-8-10-18(11-9-17)21-16-31-26-34-19-4-1-5-20(14-19)40(38,39)33-13-3-12-30-25(21)36-26/h1-2,4-11,14,16,33H,3,12-13,15H2,(H2,32,35,37)(H2,30,31,34,36). The number of halogens is 2. The molecule has 10 nitrogen and oxygen atoms in total. The van der Waals surface area contributed by atoms with Gasteiger partial charge in [-0.25, -0.2) is 22.9 Å². The van der Waals surface area contributed by atoms with Gasteiger partial charge in [-0.05, 0) is 47.9 Å². The highest BCUT2D eigenvalue weighted by Crippen LogP contribution is 2.30. The normalized spacial score (nSPS) is 14.3. The first kappa shape index (κ1) is 27.7. The van der Waals surface area contributed by atoms with Gasteiger partial charge in [0.1, 0.15) is 5.82 Å². The van der Waals surface area contributed by atoms with Gasteiger partial charge >= 0.3 is 6.03 Å². The van der Waals surface area contributed by atoms with E-state index in [0.717, 1.165) is 16.7 Å². The largest absolute Gasteiger partial charge is 0.369 e. The predicted octanol–water partition coefficient (Wildman–Crippen LogP) is 5.61. The number of anilines is 4. The van der Waals surface area contributed by atoms with Crippen molar-refractivity contribution in [2.24, 2.45) is 0 Å². The van der Waals surface area contributed by atoms with Crippen molar-refractivity contribution in [2.45, 2.75) is 17.9 Å². The van der Waals surface area contributed by atoms with Gasteiger partial charge in [-0.1, -0.05) is 59.6 Å². The van der Waals surface area contributed by atoms with Crippen LogP contribution < -0.4 is 26.0 Å². The lowest BCUT2D eigenvalue weighted by atomic mass is 10.1. The molecule has 0 spiro atoms. The number of nitrogens with zero attached hydrogens (tertiary/aromatic N) is 2. The molecule has 5 rings (SSSR count). The molecule has 0 saturated carbocycles. The lowest BCUT2D eigenvalue weighted by Crippen LogP contribution is -2.28. The summed E-state index contributed by atoms with van der Waals surface area (Å²) in [6.07, 6.45) is 2.27. The van der Waals surface area contributed by atoms with Gasteiger partial charge < -0.3 is 21.3 Å².